The SMILES string of the molecule is CNCC1CCCN(C(=O)CCCCc2ccc(C(C)(C)C)cc2)C1.Cl. The fraction of sp³-hybridized carbons (Fsp3) is 0.682. The number of carbonyl (C=O) groups is 1. The highest BCUT2D eigenvalue weighted by Gasteiger charge is 2.22. The quantitative estimate of drug-likeness (QED) is 0.702. The maximum Gasteiger partial charge on any atom is 0.222 e. The van der Waals surface area contributed by atoms with Crippen molar-refractivity contribution >= 4 is 18.3 Å². The maximum atomic E-state index is 12.4. The second-order valence-corrected chi connectivity index (χ2v) is 8.56. The van der Waals surface area contributed by atoms with Crippen molar-refractivity contribution in [3.63, 3.8) is 0 Å². The first-order valence-electron chi connectivity index (χ1n) is 9.92. The molecule has 0 aromatic heterocycles. The Kier molecular flexibility index (Phi) is 9.67. The number of likely N-dealkylation sites (tertiary alicyclic amines) is 1. The number of amides is 1. The van der Waals surface area contributed by atoms with Crippen molar-refractivity contribution in [1.82, 2.24) is 10.2 Å². The minimum Gasteiger partial charge on any atom is -0.342 e. The number of hydrogen-bond acceptors (Lipinski definition) is 2. The average Bonchev–Trinajstić information content (AvgIpc) is 2.59. The van der Waals surface area contributed by atoms with Crippen LogP contribution in [0.15, 0.2) is 24.3 Å². The van der Waals surface area contributed by atoms with Crippen molar-refractivity contribution < 1.29 is 4.79 Å². The second-order valence-electron chi connectivity index (χ2n) is 8.56. The maximum absolute atomic E-state index is 12.4. The molecule has 1 aromatic rings. The van der Waals surface area contributed by atoms with Crippen molar-refractivity contribution in [3.05, 3.63) is 35.4 Å². The van der Waals surface area contributed by atoms with Crippen molar-refractivity contribution in [2.24, 2.45) is 5.92 Å². The Morgan fingerprint density at radius 1 is 1.19 bits per heavy atom. The van der Waals surface area contributed by atoms with E-state index in [2.05, 4.69) is 55.3 Å². The summed E-state index contributed by atoms with van der Waals surface area (Å²) in [6.07, 6.45) is 6.25. The molecule has 1 aromatic carbocycles. The van der Waals surface area contributed by atoms with E-state index in [4.69, 9.17) is 0 Å². The molecule has 148 valence electrons. The topological polar surface area (TPSA) is 32.3 Å². The van der Waals surface area contributed by atoms with Gasteiger partial charge in [-0.3, -0.25) is 4.79 Å². The Morgan fingerprint density at radius 2 is 1.88 bits per heavy atom. The number of halogens is 1. The predicted molar refractivity (Wildman–Crippen MR) is 113 cm³/mol. The second kappa shape index (κ2) is 10.9. The molecule has 1 N–H and O–H groups in total. The summed E-state index contributed by atoms with van der Waals surface area (Å²) in [6.45, 7) is 9.65. The van der Waals surface area contributed by atoms with Gasteiger partial charge in [-0.15, -0.1) is 12.4 Å². The van der Waals surface area contributed by atoms with E-state index >= 15 is 0 Å². The lowest BCUT2D eigenvalue weighted by atomic mass is 9.86. The number of benzene rings is 1. The zero-order valence-electron chi connectivity index (χ0n) is 17.0. The molecule has 1 heterocycles. The summed E-state index contributed by atoms with van der Waals surface area (Å²) in [7, 11) is 1.99. The fourth-order valence-electron chi connectivity index (χ4n) is 3.68. The normalized spacial score (nSPS) is 17.7. The van der Waals surface area contributed by atoms with Crippen LogP contribution in [0.25, 0.3) is 0 Å². The van der Waals surface area contributed by atoms with Gasteiger partial charge in [-0.05, 0) is 68.2 Å². The summed E-state index contributed by atoms with van der Waals surface area (Å²) in [5, 5.41) is 3.24. The summed E-state index contributed by atoms with van der Waals surface area (Å²) in [5.41, 5.74) is 2.98. The highest BCUT2D eigenvalue weighted by molar-refractivity contribution is 5.85. The van der Waals surface area contributed by atoms with Crippen LogP contribution < -0.4 is 5.32 Å². The summed E-state index contributed by atoms with van der Waals surface area (Å²) < 4.78 is 0. The van der Waals surface area contributed by atoms with E-state index in [9.17, 15) is 4.79 Å². The van der Waals surface area contributed by atoms with Crippen LogP contribution in [0.4, 0.5) is 0 Å². The molecule has 3 nitrogen and oxygen atoms in total. The third-order valence-corrected chi connectivity index (χ3v) is 5.29. The standard InChI is InChI=1S/C22H36N2O.ClH/c1-22(2,3)20-13-11-18(12-14-20)8-5-6-10-21(25)24-15-7-9-19(17-24)16-23-4;/h11-14,19,23H,5-10,15-17H2,1-4H3;1H. The van der Waals surface area contributed by atoms with Gasteiger partial charge in [-0.2, -0.15) is 0 Å². The number of piperidine rings is 1. The van der Waals surface area contributed by atoms with Crippen LogP contribution in [0, 0.1) is 5.92 Å². The van der Waals surface area contributed by atoms with E-state index in [-0.39, 0.29) is 17.8 Å². The van der Waals surface area contributed by atoms with Gasteiger partial charge in [0.15, 0.2) is 0 Å². The predicted octanol–water partition coefficient (Wildman–Crippen LogP) is 4.58. The van der Waals surface area contributed by atoms with Crippen molar-refractivity contribution in [3.8, 4) is 0 Å². The van der Waals surface area contributed by atoms with Gasteiger partial charge >= 0.3 is 0 Å². The third kappa shape index (κ3) is 7.28. The fourth-order valence-corrected chi connectivity index (χ4v) is 3.68. The zero-order valence-corrected chi connectivity index (χ0v) is 17.8. The Labute approximate surface area is 166 Å². The number of hydrogen-bond donors (Lipinski definition) is 1. The molecule has 1 saturated heterocycles. The molecular formula is C22H37ClN2O. The number of carbonyl (C=O) groups excluding carboxylic acids is 1. The summed E-state index contributed by atoms with van der Waals surface area (Å²) in [4.78, 5) is 14.5. The lowest BCUT2D eigenvalue weighted by molar-refractivity contribution is -0.133. The molecule has 0 aliphatic carbocycles. The molecule has 1 unspecified atom stereocenters. The molecule has 1 aliphatic rings. The highest BCUT2D eigenvalue weighted by atomic mass is 35.5. The van der Waals surface area contributed by atoms with E-state index in [1.54, 1.807) is 0 Å². The number of unbranched alkanes of at least 4 members (excludes halogenated alkanes) is 1. The summed E-state index contributed by atoms with van der Waals surface area (Å²) in [6, 6.07) is 8.98. The molecule has 0 bridgehead atoms. The van der Waals surface area contributed by atoms with Crippen LogP contribution >= 0.6 is 12.4 Å². The van der Waals surface area contributed by atoms with E-state index in [1.165, 1.54) is 17.5 Å². The van der Waals surface area contributed by atoms with Gasteiger partial charge in [0.2, 0.25) is 5.91 Å². The van der Waals surface area contributed by atoms with Crippen LogP contribution in [-0.4, -0.2) is 37.5 Å². The Bertz CT molecular complexity index is 534. The number of aryl methyl sites for hydroxylation is 1. The van der Waals surface area contributed by atoms with Crippen LogP contribution in [0.2, 0.25) is 0 Å². The molecule has 2 rings (SSSR count). The van der Waals surface area contributed by atoms with Crippen LogP contribution in [0.1, 0.15) is 64.0 Å². The largest absolute Gasteiger partial charge is 0.342 e. The van der Waals surface area contributed by atoms with E-state index in [0.29, 0.717) is 18.2 Å². The summed E-state index contributed by atoms with van der Waals surface area (Å²) >= 11 is 0. The lowest BCUT2D eigenvalue weighted by Gasteiger charge is -2.32. The first-order chi connectivity index (χ1) is 11.9. The minimum atomic E-state index is 0. The first kappa shape index (κ1) is 23.0. The monoisotopic (exact) mass is 380 g/mol. The molecule has 0 radical (unpaired) electrons. The lowest BCUT2D eigenvalue weighted by Crippen LogP contribution is -2.42. The van der Waals surface area contributed by atoms with Crippen LogP contribution in [-0.2, 0) is 16.6 Å². The Hall–Kier alpha value is -1.06. The first-order valence-corrected chi connectivity index (χ1v) is 9.92. The van der Waals surface area contributed by atoms with E-state index in [0.717, 1.165) is 45.3 Å². The molecule has 1 atom stereocenters. The molecule has 1 fully saturated rings. The van der Waals surface area contributed by atoms with E-state index in [1.807, 2.05) is 7.05 Å². The van der Waals surface area contributed by atoms with Crippen LogP contribution in [0.3, 0.4) is 0 Å². The van der Waals surface area contributed by atoms with Gasteiger partial charge in [0.25, 0.3) is 0 Å². The number of rotatable bonds is 7. The van der Waals surface area contributed by atoms with Gasteiger partial charge < -0.3 is 10.2 Å². The molecular weight excluding hydrogens is 344 g/mol. The van der Waals surface area contributed by atoms with Crippen molar-refractivity contribution in [1.29, 1.82) is 0 Å². The smallest absolute Gasteiger partial charge is 0.222 e. The number of nitrogens with zero attached hydrogens (tertiary/aromatic N) is 1. The van der Waals surface area contributed by atoms with Gasteiger partial charge in [-0.25, -0.2) is 0 Å². The molecule has 0 saturated carbocycles. The van der Waals surface area contributed by atoms with Crippen molar-refractivity contribution in [2.45, 2.75) is 64.7 Å². The van der Waals surface area contributed by atoms with Gasteiger partial charge in [0, 0.05) is 19.5 Å². The number of nitrogens with one attached hydrogen (secondary N) is 1. The highest BCUT2D eigenvalue weighted by Crippen LogP contribution is 2.23. The average molecular weight is 381 g/mol. The zero-order chi connectivity index (χ0) is 18.3. The molecule has 4 heteroatoms. The van der Waals surface area contributed by atoms with Gasteiger partial charge in [0.05, 0.1) is 0 Å². The van der Waals surface area contributed by atoms with Gasteiger partial charge in [0.1, 0.15) is 0 Å². The molecule has 0 spiro atoms. The van der Waals surface area contributed by atoms with E-state index < -0.39 is 0 Å². The third-order valence-electron chi connectivity index (χ3n) is 5.29. The van der Waals surface area contributed by atoms with Crippen LogP contribution in [0.5, 0.6) is 0 Å². The minimum absolute atomic E-state index is 0. The Morgan fingerprint density at radius 3 is 2.50 bits per heavy atom. The molecule has 1 aliphatic heterocycles. The summed E-state index contributed by atoms with van der Waals surface area (Å²) in [5.74, 6) is 0.980. The molecule has 1 amide bonds. The van der Waals surface area contributed by atoms with Crippen molar-refractivity contribution in [2.75, 3.05) is 26.7 Å². The molecule has 26 heavy (non-hydrogen) atoms. The Balaban J connectivity index is 0.00000338. The van der Waals surface area contributed by atoms with Gasteiger partial charge in [-0.1, -0.05) is 45.0 Å².